The number of carbonyl (C=O) groups excluding carboxylic acids is 1. The highest BCUT2D eigenvalue weighted by Crippen LogP contribution is 2.27. The first-order valence-corrected chi connectivity index (χ1v) is 9.69. The van der Waals surface area contributed by atoms with Gasteiger partial charge >= 0.3 is 0 Å². The minimum atomic E-state index is -0.230. The van der Waals surface area contributed by atoms with Crippen LogP contribution < -0.4 is 10.1 Å². The Labute approximate surface area is 174 Å². The Morgan fingerprint density at radius 3 is 2.40 bits per heavy atom. The molecule has 0 unspecified atom stereocenters. The average Bonchev–Trinajstić information content (AvgIpc) is 3.25. The number of benzene rings is 3. The zero-order valence-corrected chi connectivity index (χ0v) is 16.8. The van der Waals surface area contributed by atoms with Gasteiger partial charge in [0.05, 0.1) is 12.2 Å². The van der Waals surface area contributed by atoms with Gasteiger partial charge in [0.25, 0.3) is 5.91 Å². The summed E-state index contributed by atoms with van der Waals surface area (Å²) in [6, 6.07) is 22.3. The van der Waals surface area contributed by atoms with E-state index in [2.05, 4.69) is 15.5 Å². The molecule has 0 aliphatic carbocycles. The van der Waals surface area contributed by atoms with Crippen LogP contribution in [-0.2, 0) is 0 Å². The number of hydrogen-bond donors (Lipinski definition) is 1. The van der Waals surface area contributed by atoms with Gasteiger partial charge in [-0.25, -0.2) is 0 Å². The minimum Gasteiger partial charge on any atom is -0.493 e. The third kappa shape index (κ3) is 4.07. The van der Waals surface area contributed by atoms with Gasteiger partial charge in [0.1, 0.15) is 5.75 Å². The molecule has 0 radical (unpaired) electrons. The van der Waals surface area contributed by atoms with E-state index in [1.807, 2.05) is 62.4 Å². The maximum atomic E-state index is 12.6. The molecule has 0 saturated carbocycles. The lowest BCUT2D eigenvalue weighted by molar-refractivity contribution is 0.102. The summed E-state index contributed by atoms with van der Waals surface area (Å²) in [6.45, 7) is 4.38. The Bertz CT molecular complexity index is 1170. The summed E-state index contributed by atoms with van der Waals surface area (Å²) in [7, 11) is 0. The first-order chi connectivity index (χ1) is 14.7. The summed E-state index contributed by atoms with van der Waals surface area (Å²) in [5.41, 5.74) is 3.90. The van der Waals surface area contributed by atoms with Crippen LogP contribution >= 0.6 is 0 Å². The molecule has 4 aromatic rings. The third-order valence-corrected chi connectivity index (χ3v) is 4.62. The first-order valence-electron chi connectivity index (χ1n) is 9.69. The van der Waals surface area contributed by atoms with Crippen LogP contribution in [0.2, 0.25) is 0 Å². The normalized spacial score (nSPS) is 10.6. The van der Waals surface area contributed by atoms with Crippen molar-refractivity contribution in [3.8, 4) is 28.7 Å². The molecule has 1 N–H and O–H groups in total. The average molecular weight is 399 g/mol. The van der Waals surface area contributed by atoms with E-state index < -0.39 is 0 Å². The zero-order chi connectivity index (χ0) is 20.9. The molecule has 0 saturated heterocycles. The largest absolute Gasteiger partial charge is 0.493 e. The van der Waals surface area contributed by atoms with E-state index in [9.17, 15) is 4.79 Å². The Kier molecular flexibility index (Phi) is 5.57. The number of ether oxygens (including phenoxy) is 1. The zero-order valence-electron chi connectivity index (χ0n) is 16.8. The van der Waals surface area contributed by atoms with Gasteiger partial charge < -0.3 is 14.5 Å². The van der Waals surface area contributed by atoms with E-state index >= 15 is 0 Å². The van der Waals surface area contributed by atoms with E-state index in [-0.39, 0.29) is 5.91 Å². The van der Waals surface area contributed by atoms with Crippen molar-refractivity contribution >= 4 is 11.6 Å². The Morgan fingerprint density at radius 2 is 1.63 bits per heavy atom. The number of para-hydroxylation sites is 1. The highest BCUT2D eigenvalue weighted by Gasteiger charge is 2.14. The number of nitrogens with zero attached hydrogens (tertiary/aromatic N) is 2. The van der Waals surface area contributed by atoms with Gasteiger partial charge in [0.2, 0.25) is 11.8 Å². The summed E-state index contributed by atoms with van der Waals surface area (Å²) in [4.78, 5) is 12.6. The number of carbonyl (C=O) groups is 1. The molecule has 1 aromatic heterocycles. The smallest absolute Gasteiger partial charge is 0.259 e. The molecule has 3 aromatic carbocycles. The summed E-state index contributed by atoms with van der Waals surface area (Å²) in [6.07, 6.45) is 0. The molecule has 0 bridgehead atoms. The molecular weight excluding hydrogens is 378 g/mol. The van der Waals surface area contributed by atoms with Gasteiger partial charge in [-0.05, 0) is 61.9 Å². The topological polar surface area (TPSA) is 77.2 Å². The molecule has 30 heavy (non-hydrogen) atoms. The van der Waals surface area contributed by atoms with Crippen LogP contribution in [0.1, 0.15) is 22.8 Å². The lowest BCUT2D eigenvalue weighted by Crippen LogP contribution is -2.13. The van der Waals surface area contributed by atoms with E-state index in [1.165, 1.54) is 0 Å². The van der Waals surface area contributed by atoms with Crippen LogP contribution in [0.3, 0.4) is 0 Å². The Morgan fingerprint density at radius 1 is 0.933 bits per heavy atom. The van der Waals surface area contributed by atoms with Crippen molar-refractivity contribution in [3.63, 3.8) is 0 Å². The molecule has 0 aliphatic rings. The lowest BCUT2D eigenvalue weighted by atomic mass is 10.1. The molecule has 0 fully saturated rings. The van der Waals surface area contributed by atoms with E-state index in [4.69, 9.17) is 9.15 Å². The maximum absolute atomic E-state index is 12.6. The van der Waals surface area contributed by atoms with Gasteiger partial charge in [0, 0.05) is 16.8 Å². The second-order valence-corrected chi connectivity index (χ2v) is 6.69. The van der Waals surface area contributed by atoms with Crippen LogP contribution in [0.15, 0.2) is 77.2 Å². The first kappa shape index (κ1) is 19.4. The predicted molar refractivity (Wildman–Crippen MR) is 115 cm³/mol. The molecule has 6 nitrogen and oxygen atoms in total. The number of amides is 1. The van der Waals surface area contributed by atoms with Crippen LogP contribution in [-0.4, -0.2) is 22.7 Å². The van der Waals surface area contributed by atoms with Crippen LogP contribution in [0.5, 0.6) is 5.75 Å². The fourth-order valence-corrected chi connectivity index (χ4v) is 3.09. The highest BCUT2D eigenvalue weighted by atomic mass is 16.5. The maximum Gasteiger partial charge on any atom is 0.259 e. The second-order valence-electron chi connectivity index (χ2n) is 6.69. The van der Waals surface area contributed by atoms with Crippen molar-refractivity contribution < 1.29 is 13.9 Å². The van der Waals surface area contributed by atoms with Crippen molar-refractivity contribution in [1.82, 2.24) is 10.2 Å². The van der Waals surface area contributed by atoms with E-state index in [0.717, 1.165) is 16.7 Å². The minimum absolute atomic E-state index is 0.230. The number of hydrogen-bond acceptors (Lipinski definition) is 5. The predicted octanol–water partition coefficient (Wildman–Crippen LogP) is 5.36. The summed E-state index contributed by atoms with van der Waals surface area (Å²) < 4.78 is 11.4. The van der Waals surface area contributed by atoms with Crippen molar-refractivity contribution in [2.24, 2.45) is 0 Å². The fourth-order valence-electron chi connectivity index (χ4n) is 3.09. The van der Waals surface area contributed by atoms with E-state index in [0.29, 0.717) is 35.4 Å². The SMILES string of the molecule is CCOc1ccccc1C(=O)Nc1ccc(-c2nnc(-c3ccccc3C)o2)cc1. The molecule has 0 aliphatic heterocycles. The number of aromatic nitrogens is 2. The lowest BCUT2D eigenvalue weighted by Gasteiger charge is -2.10. The fraction of sp³-hybridized carbons (Fsp3) is 0.125. The second kappa shape index (κ2) is 8.61. The van der Waals surface area contributed by atoms with Crippen LogP contribution in [0.4, 0.5) is 5.69 Å². The quantitative estimate of drug-likeness (QED) is 0.472. The summed E-state index contributed by atoms with van der Waals surface area (Å²) in [5.74, 6) is 1.23. The molecule has 6 heteroatoms. The van der Waals surface area contributed by atoms with E-state index in [1.54, 1.807) is 24.3 Å². The standard InChI is InChI=1S/C24H21N3O3/c1-3-29-21-11-7-6-10-20(21)22(28)25-18-14-12-17(13-15-18)23-26-27-24(30-23)19-9-5-4-8-16(19)2/h4-15H,3H2,1-2H3,(H,25,28). The highest BCUT2D eigenvalue weighted by molar-refractivity contribution is 6.06. The summed E-state index contributed by atoms with van der Waals surface area (Å²) in [5, 5.41) is 11.2. The number of anilines is 1. The van der Waals surface area contributed by atoms with Gasteiger partial charge in [-0.3, -0.25) is 4.79 Å². The Hall–Kier alpha value is -3.93. The van der Waals surface area contributed by atoms with Gasteiger partial charge in [0.15, 0.2) is 0 Å². The molecule has 0 spiro atoms. The Balaban J connectivity index is 1.50. The molecule has 0 atom stereocenters. The van der Waals surface area contributed by atoms with Gasteiger partial charge in [-0.1, -0.05) is 30.3 Å². The molecular formula is C24H21N3O3. The van der Waals surface area contributed by atoms with Crippen molar-refractivity contribution in [2.75, 3.05) is 11.9 Å². The van der Waals surface area contributed by atoms with Crippen LogP contribution in [0, 0.1) is 6.92 Å². The molecule has 4 rings (SSSR count). The molecule has 1 heterocycles. The van der Waals surface area contributed by atoms with Gasteiger partial charge in [-0.15, -0.1) is 10.2 Å². The van der Waals surface area contributed by atoms with Crippen LogP contribution in [0.25, 0.3) is 22.9 Å². The number of rotatable bonds is 6. The third-order valence-electron chi connectivity index (χ3n) is 4.62. The molecule has 150 valence electrons. The monoisotopic (exact) mass is 399 g/mol. The van der Waals surface area contributed by atoms with Gasteiger partial charge in [-0.2, -0.15) is 0 Å². The number of aryl methyl sites for hydroxylation is 1. The number of nitrogens with one attached hydrogen (secondary N) is 1. The molecule has 1 amide bonds. The van der Waals surface area contributed by atoms with Crippen molar-refractivity contribution in [1.29, 1.82) is 0 Å². The van der Waals surface area contributed by atoms with Crippen molar-refractivity contribution in [2.45, 2.75) is 13.8 Å². The summed E-state index contributed by atoms with van der Waals surface area (Å²) >= 11 is 0. The van der Waals surface area contributed by atoms with Crippen molar-refractivity contribution in [3.05, 3.63) is 83.9 Å².